The summed E-state index contributed by atoms with van der Waals surface area (Å²) in [5.41, 5.74) is 5.03. The van der Waals surface area contributed by atoms with Crippen LogP contribution in [0.2, 0.25) is 0 Å². The Labute approximate surface area is 131 Å². The first-order valence-electron chi connectivity index (χ1n) is 6.66. The molecule has 1 aromatic carbocycles. The lowest BCUT2D eigenvalue weighted by molar-refractivity contribution is 0.0606. The number of hydrogen-bond donors (Lipinski definition) is 2. The van der Waals surface area contributed by atoms with Crippen LogP contribution < -0.4 is 5.73 Å². The van der Waals surface area contributed by atoms with Crippen LogP contribution in [0, 0.1) is 11.7 Å². The molecular weight excluding hydrogens is 307 g/mol. The molecule has 0 saturated carbocycles. The van der Waals surface area contributed by atoms with E-state index in [1.165, 1.54) is 6.07 Å². The zero-order chi connectivity index (χ0) is 15.3. The molecule has 0 aromatic heterocycles. The van der Waals surface area contributed by atoms with Gasteiger partial charge in [-0.05, 0) is 13.0 Å². The summed E-state index contributed by atoms with van der Waals surface area (Å²) in [5.74, 6) is -0.940. The molecule has 3 N–H and O–H groups in total. The molecule has 2 heterocycles. The molecule has 1 aromatic rings. The fraction of sp³-hybridized carbons (Fsp3) is 0.533. The highest BCUT2D eigenvalue weighted by molar-refractivity contribution is 7.87. The molecule has 2 aliphatic rings. The van der Waals surface area contributed by atoms with Gasteiger partial charge in [0.2, 0.25) is 0 Å². The van der Waals surface area contributed by atoms with Crippen LogP contribution in [-0.4, -0.2) is 39.1 Å². The fourth-order valence-corrected chi connectivity index (χ4v) is 4.58. The van der Waals surface area contributed by atoms with Crippen molar-refractivity contribution in [3.05, 3.63) is 35.6 Å². The lowest BCUT2D eigenvalue weighted by Gasteiger charge is -2.37. The molecule has 4 atom stereocenters. The van der Waals surface area contributed by atoms with Gasteiger partial charge in [0.1, 0.15) is 11.7 Å². The van der Waals surface area contributed by atoms with E-state index in [1.54, 1.807) is 25.1 Å². The summed E-state index contributed by atoms with van der Waals surface area (Å²) in [6.07, 6.45) is 0. The summed E-state index contributed by atoms with van der Waals surface area (Å²) in [7, 11) is -1.63. The highest BCUT2D eigenvalue weighted by Crippen LogP contribution is 2.46. The number of benzene rings is 1. The molecule has 0 amide bonds. The predicted molar refractivity (Wildman–Crippen MR) is 84.4 cm³/mol. The van der Waals surface area contributed by atoms with Crippen LogP contribution >= 0.6 is 0 Å². The maximum absolute atomic E-state index is 14.2. The van der Waals surface area contributed by atoms with Crippen molar-refractivity contribution in [2.45, 2.75) is 24.8 Å². The second kappa shape index (κ2) is 5.72. The van der Waals surface area contributed by atoms with Gasteiger partial charge in [-0.15, -0.1) is 0 Å². The van der Waals surface area contributed by atoms with Crippen LogP contribution in [-0.2, 0) is 21.1 Å². The van der Waals surface area contributed by atoms with Crippen molar-refractivity contribution in [1.82, 2.24) is 0 Å². The molecule has 5 nitrogen and oxygen atoms in total. The van der Waals surface area contributed by atoms with E-state index in [4.69, 9.17) is 10.5 Å². The van der Waals surface area contributed by atoms with E-state index in [-0.39, 0.29) is 32.2 Å². The molecule has 7 heteroatoms. The summed E-state index contributed by atoms with van der Waals surface area (Å²) >= 11 is 0. The van der Waals surface area contributed by atoms with E-state index >= 15 is 0 Å². The predicted octanol–water partition coefficient (Wildman–Crippen LogP) is 1.13. The lowest BCUT2D eigenvalue weighted by Crippen LogP contribution is -2.49. The average Bonchev–Trinajstić information content (AvgIpc) is 2.80. The topological polar surface area (TPSA) is 84.9 Å². The third-order valence-electron chi connectivity index (χ3n) is 4.28. The van der Waals surface area contributed by atoms with Crippen LogP contribution in [0.15, 0.2) is 29.3 Å². The fourth-order valence-electron chi connectivity index (χ4n) is 3.17. The van der Waals surface area contributed by atoms with Gasteiger partial charge in [0.25, 0.3) is 0 Å². The number of aliphatic hydroxyl groups is 1. The van der Waals surface area contributed by atoms with Gasteiger partial charge in [-0.1, -0.05) is 25.6 Å². The van der Waals surface area contributed by atoms with Gasteiger partial charge in [-0.2, -0.15) is 0 Å². The minimum Gasteiger partial charge on any atom is -0.387 e. The Kier molecular flexibility index (Phi) is 4.43. The van der Waals surface area contributed by atoms with E-state index in [2.05, 4.69) is 4.99 Å². The normalized spacial score (nSPS) is 37.7. The number of nitrogens with zero attached hydrogens (tertiary/aromatic N) is 1. The van der Waals surface area contributed by atoms with Crippen LogP contribution in [0.4, 0.5) is 4.39 Å². The Bertz CT molecular complexity index is 639. The van der Waals surface area contributed by atoms with Gasteiger partial charge in [0.05, 0.1) is 41.2 Å². The second-order valence-corrected chi connectivity index (χ2v) is 7.32. The highest BCUT2D eigenvalue weighted by atomic mass is 32.2. The number of ether oxygens (including phenoxy) is 1. The summed E-state index contributed by atoms with van der Waals surface area (Å²) < 4.78 is 31.9. The maximum atomic E-state index is 14.2. The number of hydrogen-bond acceptors (Lipinski definition) is 5. The van der Waals surface area contributed by atoms with Crippen molar-refractivity contribution in [2.24, 2.45) is 16.6 Å². The highest BCUT2D eigenvalue weighted by Gasteiger charge is 2.58. The first kappa shape index (κ1) is 17.1. The molecule has 0 aliphatic carbocycles. The number of rotatable bonds is 1. The van der Waals surface area contributed by atoms with Crippen molar-refractivity contribution in [3.8, 4) is 0 Å². The molecule has 0 bridgehead atoms. The van der Waals surface area contributed by atoms with Gasteiger partial charge >= 0.3 is 0 Å². The van der Waals surface area contributed by atoms with Gasteiger partial charge in [0, 0.05) is 5.56 Å². The smallest absolute Gasteiger partial charge is 0.170 e. The molecule has 3 unspecified atom stereocenters. The number of halogens is 1. The minimum absolute atomic E-state index is 0. The maximum Gasteiger partial charge on any atom is 0.170 e. The third-order valence-corrected chi connectivity index (χ3v) is 6.03. The molecule has 3 rings (SSSR count). The van der Waals surface area contributed by atoms with E-state index in [9.17, 15) is 13.7 Å². The van der Waals surface area contributed by atoms with Crippen molar-refractivity contribution in [3.63, 3.8) is 0 Å². The Morgan fingerprint density at radius 1 is 1.50 bits per heavy atom. The SMILES string of the molecule is C.CC1(c2ccccc2F)N=C(N)CS(=O)[C@@]2(O)COCC12. The van der Waals surface area contributed by atoms with E-state index < -0.39 is 33.0 Å². The number of amidine groups is 1. The zero-order valence-corrected chi connectivity index (χ0v) is 12.4. The number of fused-ring (bicyclic) bond motifs is 1. The largest absolute Gasteiger partial charge is 0.387 e. The summed E-state index contributed by atoms with van der Waals surface area (Å²) in [6, 6.07) is 6.23. The molecule has 1 saturated heterocycles. The Balaban J connectivity index is 0.00000176. The molecule has 22 heavy (non-hydrogen) atoms. The van der Waals surface area contributed by atoms with E-state index in [1.807, 2.05) is 0 Å². The summed E-state index contributed by atoms with van der Waals surface area (Å²) in [4.78, 5) is 2.83. The van der Waals surface area contributed by atoms with Crippen molar-refractivity contribution in [2.75, 3.05) is 19.0 Å². The molecule has 1 fully saturated rings. The number of aliphatic imine (C=N–C) groups is 1. The minimum atomic E-state index is -1.63. The quantitative estimate of drug-likeness (QED) is 0.809. The zero-order valence-electron chi connectivity index (χ0n) is 11.6. The lowest BCUT2D eigenvalue weighted by atomic mass is 9.77. The van der Waals surface area contributed by atoms with E-state index in [0.717, 1.165) is 0 Å². The molecule has 122 valence electrons. The van der Waals surface area contributed by atoms with Crippen LogP contribution in [0.5, 0.6) is 0 Å². The third kappa shape index (κ3) is 2.37. The van der Waals surface area contributed by atoms with E-state index in [0.29, 0.717) is 5.56 Å². The Morgan fingerprint density at radius 3 is 2.86 bits per heavy atom. The molecule has 0 spiro atoms. The average molecular weight is 328 g/mol. The monoisotopic (exact) mass is 328 g/mol. The molecule has 0 radical (unpaired) electrons. The van der Waals surface area contributed by atoms with Gasteiger partial charge in [-0.3, -0.25) is 9.20 Å². The second-order valence-electron chi connectivity index (χ2n) is 5.63. The van der Waals surface area contributed by atoms with Crippen molar-refractivity contribution < 1.29 is 18.4 Å². The Hall–Kier alpha value is -1.31. The summed E-state index contributed by atoms with van der Waals surface area (Å²) in [6.45, 7) is 1.80. The first-order valence-corrected chi connectivity index (χ1v) is 7.97. The van der Waals surface area contributed by atoms with Gasteiger partial charge in [-0.25, -0.2) is 4.39 Å². The standard InChI is InChI=1S/C14H17FN2O3S.CH4/c1-13(9-4-2-3-5-10(9)15)11-6-20-8-14(11,18)21(19)7-12(16)17-13;/h2-5,11,18H,6-8H2,1H3,(H2,16,17);1H4/t11?,13?,14-,21?;/m0./s1. The van der Waals surface area contributed by atoms with Gasteiger partial charge in [0.15, 0.2) is 4.93 Å². The molecular formula is C15H21FN2O3S. The van der Waals surface area contributed by atoms with Crippen molar-refractivity contribution >= 4 is 16.6 Å². The first-order chi connectivity index (χ1) is 9.88. The Morgan fingerprint density at radius 2 is 2.18 bits per heavy atom. The van der Waals surface area contributed by atoms with Crippen molar-refractivity contribution in [1.29, 1.82) is 0 Å². The van der Waals surface area contributed by atoms with Crippen LogP contribution in [0.3, 0.4) is 0 Å². The van der Waals surface area contributed by atoms with Crippen LogP contribution in [0.25, 0.3) is 0 Å². The summed E-state index contributed by atoms with van der Waals surface area (Å²) in [5, 5.41) is 10.8. The van der Waals surface area contributed by atoms with Gasteiger partial charge < -0.3 is 15.6 Å². The number of nitrogens with two attached hydrogens (primary N) is 1. The molecule has 2 aliphatic heterocycles. The van der Waals surface area contributed by atoms with Crippen LogP contribution in [0.1, 0.15) is 19.9 Å².